The molecule has 0 aliphatic carbocycles. The number of hydrogen-bond acceptors (Lipinski definition) is 3. The van der Waals surface area contributed by atoms with Crippen LogP contribution in [0.1, 0.15) is 53.9 Å². The zero-order valence-electron chi connectivity index (χ0n) is 11.5. The zero-order chi connectivity index (χ0) is 13.4. The summed E-state index contributed by atoms with van der Waals surface area (Å²) in [4.78, 5) is 11.3. The second kappa shape index (κ2) is 4.58. The fraction of sp³-hybridized carbons (Fsp3) is 0.923. The Morgan fingerprint density at radius 2 is 1.71 bits per heavy atom. The van der Waals surface area contributed by atoms with E-state index in [2.05, 4.69) is 0 Å². The van der Waals surface area contributed by atoms with Gasteiger partial charge in [0.25, 0.3) is 0 Å². The minimum atomic E-state index is -0.713. The summed E-state index contributed by atoms with van der Waals surface area (Å²) in [5.74, 6) is -0.886. The zero-order valence-corrected chi connectivity index (χ0v) is 11.5. The first kappa shape index (κ1) is 14.5. The minimum absolute atomic E-state index is 0.130. The van der Waals surface area contributed by atoms with E-state index in [4.69, 9.17) is 0 Å². The Hall–Kier alpha value is -0.610. The Morgan fingerprint density at radius 1 is 1.29 bits per heavy atom. The van der Waals surface area contributed by atoms with Crippen LogP contribution in [0.4, 0.5) is 0 Å². The van der Waals surface area contributed by atoms with Gasteiger partial charge in [-0.1, -0.05) is 6.92 Å². The van der Waals surface area contributed by atoms with E-state index in [1.54, 1.807) is 0 Å². The maximum Gasteiger partial charge on any atom is 0.306 e. The molecule has 0 aromatic heterocycles. The van der Waals surface area contributed by atoms with Crippen LogP contribution in [0.25, 0.3) is 0 Å². The highest BCUT2D eigenvalue weighted by Crippen LogP contribution is 2.43. The lowest BCUT2D eigenvalue weighted by Crippen LogP contribution is -2.60. The van der Waals surface area contributed by atoms with Crippen LogP contribution in [-0.4, -0.2) is 32.4 Å². The fourth-order valence-corrected chi connectivity index (χ4v) is 3.34. The lowest BCUT2D eigenvalue weighted by atomic mass is 9.70. The molecule has 1 saturated heterocycles. The van der Waals surface area contributed by atoms with E-state index in [1.165, 1.54) is 5.06 Å². The molecule has 100 valence electrons. The number of rotatable bonds is 3. The van der Waals surface area contributed by atoms with Crippen molar-refractivity contribution >= 4 is 5.97 Å². The molecule has 0 spiro atoms. The molecule has 0 aromatic carbocycles. The first-order chi connectivity index (χ1) is 7.62. The van der Waals surface area contributed by atoms with Crippen molar-refractivity contribution in [3.8, 4) is 0 Å². The van der Waals surface area contributed by atoms with Crippen LogP contribution in [0.5, 0.6) is 0 Å². The van der Waals surface area contributed by atoms with Crippen molar-refractivity contribution < 1.29 is 15.1 Å². The van der Waals surface area contributed by atoms with E-state index in [-0.39, 0.29) is 22.9 Å². The molecule has 0 bridgehead atoms. The van der Waals surface area contributed by atoms with E-state index in [0.29, 0.717) is 6.42 Å². The summed E-state index contributed by atoms with van der Waals surface area (Å²) < 4.78 is 0. The molecule has 17 heavy (non-hydrogen) atoms. The number of carboxylic acids is 1. The molecule has 1 atom stereocenters. The van der Waals surface area contributed by atoms with Crippen LogP contribution in [0.3, 0.4) is 0 Å². The van der Waals surface area contributed by atoms with Gasteiger partial charge in [-0.2, -0.15) is 5.06 Å². The van der Waals surface area contributed by atoms with Crippen LogP contribution in [0.15, 0.2) is 0 Å². The largest absolute Gasteiger partial charge is 0.481 e. The maximum absolute atomic E-state index is 11.3. The number of hydroxylamine groups is 2. The molecule has 4 heteroatoms. The van der Waals surface area contributed by atoms with E-state index >= 15 is 0 Å². The smallest absolute Gasteiger partial charge is 0.306 e. The monoisotopic (exact) mass is 243 g/mol. The highest BCUT2D eigenvalue weighted by molar-refractivity contribution is 5.70. The average Bonchev–Trinajstić information content (AvgIpc) is 2.13. The second-order valence-corrected chi connectivity index (χ2v) is 6.46. The summed E-state index contributed by atoms with van der Waals surface area (Å²) in [7, 11) is 0. The van der Waals surface area contributed by atoms with Crippen molar-refractivity contribution in [2.24, 2.45) is 11.8 Å². The molecule has 1 unspecified atom stereocenters. The van der Waals surface area contributed by atoms with Gasteiger partial charge in [-0.15, -0.1) is 0 Å². The van der Waals surface area contributed by atoms with Gasteiger partial charge in [0.1, 0.15) is 0 Å². The summed E-state index contributed by atoms with van der Waals surface area (Å²) in [6, 6.07) is 0. The Labute approximate surface area is 104 Å². The molecule has 0 aromatic rings. The quantitative estimate of drug-likeness (QED) is 0.800. The Morgan fingerprint density at radius 3 is 2.00 bits per heavy atom. The lowest BCUT2D eigenvalue weighted by molar-refractivity contribution is -0.254. The molecule has 0 saturated carbocycles. The van der Waals surface area contributed by atoms with Gasteiger partial charge < -0.3 is 10.3 Å². The third-order valence-electron chi connectivity index (χ3n) is 4.00. The molecule has 1 heterocycles. The van der Waals surface area contributed by atoms with E-state index < -0.39 is 5.97 Å². The lowest BCUT2D eigenvalue weighted by Gasteiger charge is -2.52. The van der Waals surface area contributed by atoms with Crippen LogP contribution in [0, 0.1) is 11.8 Å². The Balaban J connectivity index is 2.95. The van der Waals surface area contributed by atoms with Crippen LogP contribution >= 0.6 is 0 Å². The number of nitrogens with zero attached hydrogens (tertiary/aromatic N) is 1. The standard InChI is InChI=1S/C13H25NO3/c1-6-10(11(15)16)9-7-12(2,3)14(17)13(4,5)8-9/h9-10,17H,6-8H2,1-5H3,(H,15,16). The summed E-state index contributed by atoms with van der Waals surface area (Å²) in [5, 5.41) is 20.8. The average molecular weight is 243 g/mol. The minimum Gasteiger partial charge on any atom is -0.481 e. The van der Waals surface area contributed by atoms with Gasteiger partial charge in [-0.05, 0) is 52.9 Å². The maximum atomic E-state index is 11.3. The molecule has 1 fully saturated rings. The first-order valence-electron chi connectivity index (χ1n) is 6.34. The van der Waals surface area contributed by atoms with Gasteiger partial charge in [-0.3, -0.25) is 4.79 Å². The molecule has 2 N–H and O–H groups in total. The third kappa shape index (κ3) is 2.80. The predicted molar refractivity (Wildman–Crippen MR) is 65.9 cm³/mol. The van der Waals surface area contributed by atoms with Gasteiger partial charge >= 0.3 is 5.97 Å². The van der Waals surface area contributed by atoms with Gasteiger partial charge in [0, 0.05) is 11.1 Å². The molecular weight excluding hydrogens is 218 g/mol. The number of aliphatic carboxylic acids is 1. The Bertz CT molecular complexity index is 281. The number of carboxylic acid groups (broad SMARTS) is 1. The Kier molecular flexibility index (Phi) is 3.89. The molecule has 0 amide bonds. The van der Waals surface area contributed by atoms with Crippen LogP contribution in [-0.2, 0) is 4.79 Å². The van der Waals surface area contributed by atoms with E-state index in [0.717, 1.165) is 12.8 Å². The molecule has 0 radical (unpaired) electrons. The van der Waals surface area contributed by atoms with Crippen molar-refractivity contribution in [1.29, 1.82) is 0 Å². The van der Waals surface area contributed by atoms with Gasteiger partial charge in [0.2, 0.25) is 0 Å². The highest BCUT2D eigenvalue weighted by Gasteiger charge is 2.47. The molecule has 4 nitrogen and oxygen atoms in total. The third-order valence-corrected chi connectivity index (χ3v) is 4.00. The summed E-state index contributed by atoms with van der Waals surface area (Å²) in [6.07, 6.45) is 2.09. The van der Waals surface area contributed by atoms with Crippen molar-refractivity contribution in [2.75, 3.05) is 0 Å². The second-order valence-electron chi connectivity index (χ2n) is 6.46. The van der Waals surface area contributed by atoms with Crippen molar-refractivity contribution in [3.63, 3.8) is 0 Å². The molecule has 1 aliphatic heterocycles. The molecular formula is C13H25NO3. The molecule has 1 aliphatic rings. The van der Waals surface area contributed by atoms with E-state index in [1.807, 2.05) is 34.6 Å². The van der Waals surface area contributed by atoms with Gasteiger partial charge in [0.05, 0.1) is 5.92 Å². The number of carbonyl (C=O) groups is 1. The summed E-state index contributed by atoms with van der Waals surface area (Å²) in [5.41, 5.74) is -0.732. The normalized spacial score (nSPS) is 26.7. The van der Waals surface area contributed by atoms with Crippen LogP contribution < -0.4 is 0 Å². The van der Waals surface area contributed by atoms with Crippen molar-refractivity contribution in [2.45, 2.75) is 65.0 Å². The molecule has 1 rings (SSSR count). The SMILES string of the molecule is CCC(C(=O)O)C1CC(C)(C)N(O)C(C)(C)C1. The number of hydrogen-bond donors (Lipinski definition) is 2. The topological polar surface area (TPSA) is 60.8 Å². The van der Waals surface area contributed by atoms with Crippen molar-refractivity contribution in [1.82, 2.24) is 5.06 Å². The van der Waals surface area contributed by atoms with Crippen molar-refractivity contribution in [3.05, 3.63) is 0 Å². The van der Waals surface area contributed by atoms with Crippen LogP contribution in [0.2, 0.25) is 0 Å². The number of piperidine rings is 1. The fourth-order valence-electron chi connectivity index (χ4n) is 3.34. The summed E-state index contributed by atoms with van der Waals surface area (Å²) >= 11 is 0. The predicted octanol–water partition coefficient (Wildman–Crippen LogP) is 2.76. The van der Waals surface area contributed by atoms with Gasteiger partial charge in [0.15, 0.2) is 0 Å². The first-order valence-corrected chi connectivity index (χ1v) is 6.34. The van der Waals surface area contributed by atoms with E-state index in [9.17, 15) is 15.1 Å². The van der Waals surface area contributed by atoms with Gasteiger partial charge in [-0.25, -0.2) is 0 Å². The highest BCUT2D eigenvalue weighted by atomic mass is 16.5. The summed E-state index contributed by atoms with van der Waals surface area (Å²) in [6.45, 7) is 9.79.